The molecule has 0 unspecified atom stereocenters. The van der Waals surface area contributed by atoms with Crippen molar-refractivity contribution in [2.75, 3.05) is 19.4 Å². The zero-order valence-corrected chi connectivity index (χ0v) is 17.6. The van der Waals surface area contributed by atoms with E-state index in [4.69, 9.17) is 15.2 Å². The molecule has 168 valence electrons. The van der Waals surface area contributed by atoms with Crippen LogP contribution in [0.3, 0.4) is 0 Å². The Balaban J connectivity index is 1.52. The molecule has 5 N–H and O–H groups in total. The van der Waals surface area contributed by atoms with Gasteiger partial charge in [-0.3, -0.25) is 0 Å². The van der Waals surface area contributed by atoms with E-state index in [1.807, 2.05) is 6.07 Å². The molecule has 0 bridgehead atoms. The zero-order valence-electron chi connectivity index (χ0n) is 16.8. The molecule has 4 atom stereocenters. The van der Waals surface area contributed by atoms with E-state index in [1.54, 1.807) is 12.3 Å². The van der Waals surface area contributed by atoms with Crippen molar-refractivity contribution in [1.29, 1.82) is 5.26 Å². The zero-order chi connectivity index (χ0) is 23.0. The number of anilines is 1. The van der Waals surface area contributed by atoms with Gasteiger partial charge in [-0.2, -0.15) is 5.26 Å². The molecule has 0 aliphatic carbocycles. The van der Waals surface area contributed by atoms with Crippen LogP contribution in [-0.4, -0.2) is 65.1 Å². The Bertz CT molecular complexity index is 1300. The third-order valence-corrected chi connectivity index (χ3v) is 6.65. The molecular formula is C19H20N6O6S. The van der Waals surface area contributed by atoms with Crippen molar-refractivity contribution in [3.05, 3.63) is 42.4 Å². The van der Waals surface area contributed by atoms with Gasteiger partial charge in [0, 0.05) is 12.7 Å². The predicted octanol–water partition coefficient (Wildman–Crippen LogP) is -0.509. The number of aliphatic hydroxyl groups is 2. The third kappa shape index (κ3) is 3.74. The number of nitrogens with two attached hydrogens (primary N) is 1. The molecule has 1 aromatic carbocycles. The van der Waals surface area contributed by atoms with Gasteiger partial charge in [0.2, 0.25) is 10.0 Å². The van der Waals surface area contributed by atoms with Crippen LogP contribution >= 0.6 is 0 Å². The number of fused-ring (bicyclic) bond motifs is 1. The van der Waals surface area contributed by atoms with E-state index in [2.05, 4.69) is 14.7 Å². The number of hydrogen-bond donors (Lipinski definition) is 4. The van der Waals surface area contributed by atoms with Crippen molar-refractivity contribution in [3.8, 4) is 11.8 Å². The molecule has 3 heterocycles. The summed E-state index contributed by atoms with van der Waals surface area (Å²) in [6.07, 6.45) is -1.93. The molecule has 13 heteroatoms. The lowest BCUT2D eigenvalue weighted by Gasteiger charge is -2.17. The van der Waals surface area contributed by atoms with Crippen molar-refractivity contribution < 1.29 is 28.1 Å². The second-order valence-corrected chi connectivity index (χ2v) is 8.86. The molecule has 0 radical (unpaired) electrons. The van der Waals surface area contributed by atoms with Crippen LogP contribution < -0.4 is 15.2 Å². The monoisotopic (exact) mass is 460 g/mol. The average Bonchev–Trinajstić information content (AvgIpc) is 3.34. The summed E-state index contributed by atoms with van der Waals surface area (Å²) in [5.74, 6) is 0.498. The number of nitrogens with one attached hydrogen (secondary N) is 1. The van der Waals surface area contributed by atoms with E-state index in [0.717, 1.165) is 0 Å². The van der Waals surface area contributed by atoms with Crippen molar-refractivity contribution in [1.82, 2.24) is 19.3 Å². The molecule has 0 spiro atoms. The minimum Gasteiger partial charge on any atom is -0.495 e. The van der Waals surface area contributed by atoms with E-state index in [9.17, 15) is 23.9 Å². The van der Waals surface area contributed by atoms with E-state index in [-0.39, 0.29) is 28.6 Å². The Morgan fingerprint density at radius 2 is 2.09 bits per heavy atom. The van der Waals surface area contributed by atoms with Gasteiger partial charge in [0.05, 0.1) is 23.0 Å². The Labute approximate surface area is 182 Å². The second kappa shape index (κ2) is 8.34. The lowest BCUT2D eigenvalue weighted by atomic mass is 10.1. The van der Waals surface area contributed by atoms with Gasteiger partial charge in [0.15, 0.2) is 6.23 Å². The van der Waals surface area contributed by atoms with Crippen LogP contribution in [0.25, 0.3) is 11.0 Å². The van der Waals surface area contributed by atoms with Gasteiger partial charge in [-0.1, -0.05) is 0 Å². The summed E-state index contributed by atoms with van der Waals surface area (Å²) in [5.41, 5.74) is 6.28. The van der Waals surface area contributed by atoms with Crippen LogP contribution in [0.2, 0.25) is 0 Å². The highest BCUT2D eigenvalue weighted by molar-refractivity contribution is 7.89. The minimum absolute atomic E-state index is 0.0590. The number of nitrogen functional groups attached to an aromatic ring is 1. The molecule has 1 fully saturated rings. The highest BCUT2D eigenvalue weighted by Gasteiger charge is 2.44. The summed E-state index contributed by atoms with van der Waals surface area (Å²) < 4.78 is 40.0. The smallest absolute Gasteiger partial charge is 0.240 e. The predicted molar refractivity (Wildman–Crippen MR) is 111 cm³/mol. The maximum Gasteiger partial charge on any atom is 0.240 e. The fourth-order valence-corrected chi connectivity index (χ4v) is 4.61. The highest BCUT2D eigenvalue weighted by atomic mass is 32.2. The van der Waals surface area contributed by atoms with Crippen molar-refractivity contribution in [2.24, 2.45) is 0 Å². The Morgan fingerprint density at radius 1 is 1.31 bits per heavy atom. The van der Waals surface area contributed by atoms with E-state index >= 15 is 0 Å². The van der Waals surface area contributed by atoms with Crippen LogP contribution in [-0.2, 0) is 14.8 Å². The summed E-state index contributed by atoms with van der Waals surface area (Å²) in [5, 5.41) is 30.7. The molecule has 1 saturated heterocycles. The molecule has 2 aromatic heterocycles. The quantitative estimate of drug-likeness (QED) is 0.373. The number of sulfonamides is 1. The van der Waals surface area contributed by atoms with Gasteiger partial charge < -0.3 is 30.0 Å². The Morgan fingerprint density at radius 3 is 2.81 bits per heavy atom. The maximum atomic E-state index is 12.7. The lowest BCUT2D eigenvalue weighted by Crippen LogP contribution is -2.39. The molecule has 0 saturated carbocycles. The fraction of sp³-hybridized carbons (Fsp3) is 0.316. The second-order valence-electron chi connectivity index (χ2n) is 7.09. The largest absolute Gasteiger partial charge is 0.495 e. The van der Waals surface area contributed by atoms with Crippen LogP contribution in [0, 0.1) is 11.3 Å². The van der Waals surface area contributed by atoms with Gasteiger partial charge in [-0.05, 0) is 24.3 Å². The first kappa shape index (κ1) is 21.9. The normalized spacial score (nSPS) is 23.3. The first-order chi connectivity index (χ1) is 15.3. The molecule has 1 aliphatic rings. The van der Waals surface area contributed by atoms with Gasteiger partial charge in [-0.25, -0.2) is 23.1 Å². The first-order valence-electron chi connectivity index (χ1n) is 9.43. The molecule has 1 aliphatic heterocycles. The van der Waals surface area contributed by atoms with Crippen LogP contribution in [0.5, 0.6) is 5.75 Å². The van der Waals surface area contributed by atoms with Crippen LogP contribution in [0.15, 0.2) is 41.7 Å². The number of methoxy groups -OCH3 is 1. The summed E-state index contributed by atoms with van der Waals surface area (Å²) in [4.78, 5) is 7.89. The standard InChI is InChI=1S/C19H20N6O6S/c1-30-13-3-2-11(6-10(13)7-20)32(28,29)24-8-14-15(26)16(27)19(31-14)25-5-4-12-17(21)22-9-23-18(12)25/h2-6,9,14-16,19,24,26-27H,8H2,1H3,(H2,21,22,23)/t14-,15-,16-,19-/m1/s1. The third-order valence-electron chi connectivity index (χ3n) is 5.23. The average molecular weight is 460 g/mol. The molecule has 4 rings (SSSR count). The molecule has 32 heavy (non-hydrogen) atoms. The number of aliphatic hydroxyl groups excluding tert-OH is 2. The summed E-state index contributed by atoms with van der Waals surface area (Å²) >= 11 is 0. The minimum atomic E-state index is -4.03. The Hall–Kier alpha value is -3.28. The molecule has 3 aromatic rings. The van der Waals surface area contributed by atoms with Crippen molar-refractivity contribution in [2.45, 2.75) is 29.4 Å². The van der Waals surface area contributed by atoms with E-state index in [1.165, 1.54) is 36.2 Å². The number of benzene rings is 1. The number of aromatic nitrogens is 3. The van der Waals surface area contributed by atoms with Crippen LogP contribution in [0.4, 0.5) is 5.82 Å². The van der Waals surface area contributed by atoms with Gasteiger partial charge in [-0.15, -0.1) is 0 Å². The summed E-state index contributed by atoms with van der Waals surface area (Å²) in [6, 6.07) is 7.37. The number of hydrogen-bond acceptors (Lipinski definition) is 10. The Kier molecular flexibility index (Phi) is 5.71. The van der Waals surface area contributed by atoms with E-state index < -0.39 is 34.6 Å². The van der Waals surface area contributed by atoms with Gasteiger partial charge in [0.25, 0.3) is 0 Å². The highest BCUT2D eigenvalue weighted by Crippen LogP contribution is 2.32. The van der Waals surface area contributed by atoms with E-state index in [0.29, 0.717) is 11.0 Å². The number of nitrogens with zero attached hydrogens (tertiary/aromatic N) is 4. The lowest BCUT2D eigenvalue weighted by molar-refractivity contribution is -0.0326. The fourth-order valence-electron chi connectivity index (χ4n) is 3.54. The molecule has 0 amide bonds. The van der Waals surface area contributed by atoms with Crippen molar-refractivity contribution in [3.63, 3.8) is 0 Å². The SMILES string of the molecule is COc1ccc(S(=O)(=O)NC[C@H]2O[C@@H](n3ccc4c(N)ncnc43)[C@H](O)[C@@H]2O)cc1C#N. The number of nitriles is 1. The summed E-state index contributed by atoms with van der Waals surface area (Å²) in [7, 11) is -2.66. The number of ether oxygens (including phenoxy) is 2. The topological polar surface area (TPSA) is 186 Å². The molecule has 12 nitrogen and oxygen atoms in total. The van der Waals surface area contributed by atoms with Crippen LogP contribution in [0.1, 0.15) is 11.8 Å². The number of rotatable bonds is 6. The van der Waals surface area contributed by atoms with Crippen molar-refractivity contribution >= 4 is 26.9 Å². The van der Waals surface area contributed by atoms with Gasteiger partial charge in [0.1, 0.15) is 47.9 Å². The van der Waals surface area contributed by atoms with Gasteiger partial charge >= 0.3 is 0 Å². The molecular weight excluding hydrogens is 440 g/mol. The maximum absolute atomic E-state index is 12.7. The summed E-state index contributed by atoms with van der Waals surface area (Å²) in [6.45, 7) is -0.318. The first-order valence-corrected chi connectivity index (χ1v) is 10.9.